The summed E-state index contributed by atoms with van der Waals surface area (Å²) >= 11 is 0. The van der Waals surface area contributed by atoms with E-state index in [4.69, 9.17) is 24.4 Å². The van der Waals surface area contributed by atoms with Gasteiger partial charge >= 0.3 is 14.7 Å². The highest BCUT2D eigenvalue weighted by Crippen LogP contribution is 2.41. The topological polar surface area (TPSA) is 328 Å². The Morgan fingerprint density at radius 2 is 1.13 bits per heavy atom. The normalized spacial score (nSPS) is 12.4. The van der Waals surface area contributed by atoms with Crippen molar-refractivity contribution < 1.29 is 47.5 Å². The molecule has 0 spiro atoms. The molecule has 0 saturated carbocycles. The molecule has 1 atom stereocenters. The molecule has 0 fully saturated rings. The largest absolute Gasteiger partial charge is 0.451 e. The van der Waals surface area contributed by atoms with Crippen molar-refractivity contribution in [2.45, 2.75) is 211 Å². The number of aryl methyl sites for hydroxylation is 1. The van der Waals surface area contributed by atoms with Crippen LogP contribution in [0.4, 0.5) is 0 Å². The van der Waals surface area contributed by atoms with Gasteiger partial charge in [0, 0.05) is 25.0 Å². The Hall–Kier alpha value is -3.67. The lowest BCUT2D eigenvalue weighted by Gasteiger charge is -2.17. The molecule has 1 unspecified atom stereocenters. The van der Waals surface area contributed by atoms with Gasteiger partial charge in [0.25, 0.3) is 0 Å². The molecular weight excluding hydrogens is 954 g/mol. The Bertz CT molecular complexity index is 2030. The van der Waals surface area contributed by atoms with Crippen LogP contribution in [0.15, 0.2) is 0 Å². The molecule has 0 saturated heterocycles. The van der Waals surface area contributed by atoms with Gasteiger partial charge in [0.15, 0.2) is 23.2 Å². The molecular formula is C46H98BN12O10PS. The zero-order chi connectivity index (χ0) is 57.6. The van der Waals surface area contributed by atoms with Crippen molar-refractivity contribution in [3.63, 3.8) is 0 Å². The number of Topliss-reactive ketones (excluding diaryl/α,β-unsaturated/α-hetero) is 3. The number of H-pyrrole nitrogens is 1. The fourth-order valence-corrected chi connectivity index (χ4v) is 7.60. The lowest BCUT2D eigenvalue weighted by Crippen LogP contribution is -2.19. The summed E-state index contributed by atoms with van der Waals surface area (Å²) in [5.74, 6) is 5.90. The Morgan fingerprint density at radius 3 is 1.34 bits per heavy atom. The minimum absolute atomic E-state index is 0.0220. The highest BCUT2D eigenvalue weighted by Gasteiger charge is 2.23. The lowest BCUT2D eigenvalue weighted by molar-refractivity contribution is -0.119. The number of aromatic nitrogens is 12. The molecule has 0 radical (unpaired) electrons. The molecule has 0 amide bonds. The summed E-state index contributed by atoms with van der Waals surface area (Å²) in [5.41, 5.74) is 0.195. The van der Waals surface area contributed by atoms with Gasteiger partial charge in [-0.1, -0.05) is 150 Å². The van der Waals surface area contributed by atoms with Crippen molar-refractivity contribution in [2.75, 3.05) is 11.9 Å². The monoisotopic (exact) mass is 1050 g/mol. The third-order valence-electron chi connectivity index (χ3n) is 6.62. The van der Waals surface area contributed by atoms with Crippen molar-refractivity contribution in [3.8, 4) is 0 Å². The summed E-state index contributed by atoms with van der Waals surface area (Å²) < 4.78 is 31.2. The number of nitrogens with zero attached hydrogens (tertiary/aromatic N) is 11. The van der Waals surface area contributed by atoms with Crippen LogP contribution < -0.4 is 0 Å². The SMILES string of the molecule is C=S(=O)(O)CC(C)(C)C.CC(=O)CC(C)(C)C.CC(=O)Cn1nnc(CC(C)(C)C)n1.CC(=O)Cn1nnnc1C.CC(C)(C)CB(O)O.CC(C)(C)CP(=O)(O)O.CC(C)(C)Cc1nn[nH]n1.CCC. The molecule has 0 aliphatic carbocycles. The molecule has 0 aromatic carbocycles. The first-order valence-corrected chi connectivity index (χ1v) is 27.1. The number of carbonyl (C=O) groups is 3. The second kappa shape index (κ2) is 34.7. The molecule has 6 N–H and O–H groups in total. The first kappa shape index (κ1) is 76.3. The van der Waals surface area contributed by atoms with Gasteiger partial charge in [-0.05, 0) is 88.0 Å². The molecule has 3 aromatic heterocycles. The number of rotatable bonds is 10. The van der Waals surface area contributed by atoms with Crippen LogP contribution in [0, 0.1) is 39.4 Å². The molecule has 3 heterocycles. The average molecular weight is 1050 g/mol. The van der Waals surface area contributed by atoms with Crippen LogP contribution >= 0.6 is 7.60 Å². The molecule has 71 heavy (non-hydrogen) atoms. The summed E-state index contributed by atoms with van der Waals surface area (Å²) in [6, 6.07) is 0. The maximum absolute atomic E-state index is 10.8. The van der Waals surface area contributed by atoms with Crippen LogP contribution in [-0.2, 0) is 54.7 Å². The van der Waals surface area contributed by atoms with Crippen molar-refractivity contribution in [2.24, 2.45) is 32.5 Å². The third-order valence-corrected chi connectivity index (χ3v) is 9.30. The molecule has 3 aromatic rings. The van der Waals surface area contributed by atoms with Gasteiger partial charge in [-0.3, -0.25) is 14.2 Å². The van der Waals surface area contributed by atoms with Gasteiger partial charge in [-0.15, -0.1) is 25.5 Å². The fraction of sp³-hybridized carbons (Fsp3) is 0.848. The summed E-state index contributed by atoms with van der Waals surface area (Å²) in [4.78, 5) is 50.1. The smallest absolute Gasteiger partial charge is 0.427 e. The van der Waals surface area contributed by atoms with Crippen molar-refractivity contribution in [1.29, 1.82) is 0 Å². The number of hydrogen-bond acceptors (Lipinski definition) is 16. The molecule has 0 aliphatic heterocycles. The minimum atomic E-state index is -3.79. The summed E-state index contributed by atoms with van der Waals surface area (Å²) in [5, 5.41) is 52.9. The van der Waals surface area contributed by atoms with Gasteiger partial charge in [0.05, 0.1) is 16.0 Å². The maximum atomic E-state index is 10.8. The average Bonchev–Trinajstić information content (AvgIpc) is 3.79. The van der Waals surface area contributed by atoms with Crippen molar-refractivity contribution in [1.82, 2.24) is 61.0 Å². The van der Waals surface area contributed by atoms with E-state index in [1.54, 1.807) is 34.6 Å². The van der Waals surface area contributed by atoms with E-state index in [2.05, 4.69) is 134 Å². The van der Waals surface area contributed by atoms with Crippen LogP contribution in [0.3, 0.4) is 0 Å². The van der Waals surface area contributed by atoms with Gasteiger partial charge in [-0.25, -0.2) is 8.89 Å². The molecule has 3 rings (SSSR count). The molecule has 0 bridgehead atoms. The lowest BCUT2D eigenvalue weighted by atomic mass is 9.72. The highest BCUT2D eigenvalue weighted by molar-refractivity contribution is 7.95. The van der Waals surface area contributed by atoms with Crippen LogP contribution in [0.25, 0.3) is 0 Å². The zero-order valence-corrected chi connectivity index (χ0v) is 49.9. The van der Waals surface area contributed by atoms with Gasteiger partial charge < -0.3 is 29.2 Å². The van der Waals surface area contributed by atoms with Crippen LogP contribution in [0.2, 0.25) is 6.32 Å². The number of ketones is 3. The number of tetrazole rings is 3. The molecule has 416 valence electrons. The first-order valence-electron chi connectivity index (χ1n) is 23.5. The van der Waals surface area contributed by atoms with Gasteiger partial charge in [0.1, 0.15) is 24.7 Å². The first-order chi connectivity index (χ1) is 31.3. The minimum Gasteiger partial charge on any atom is -0.427 e. The van der Waals surface area contributed by atoms with Crippen LogP contribution in [0.1, 0.15) is 190 Å². The van der Waals surface area contributed by atoms with E-state index in [1.807, 2.05) is 41.5 Å². The van der Waals surface area contributed by atoms with E-state index >= 15 is 0 Å². The van der Waals surface area contributed by atoms with Gasteiger partial charge in [-0.2, -0.15) is 10.0 Å². The van der Waals surface area contributed by atoms with E-state index in [-0.39, 0.29) is 74.8 Å². The van der Waals surface area contributed by atoms with E-state index in [9.17, 15) is 23.2 Å². The second-order valence-electron chi connectivity index (χ2n) is 24.6. The van der Waals surface area contributed by atoms with Crippen molar-refractivity contribution in [3.05, 3.63) is 17.5 Å². The third kappa shape index (κ3) is 70.7. The fourth-order valence-electron chi connectivity index (χ4n) is 5.01. The summed E-state index contributed by atoms with van der Waals surface area (Å²) in [6.07, 6.45) is 3.97. The number of nitrogens with one attached hydrogen (secondary N) is 1. The van der Waals surface area contributed by atoms with Gasteiger partial charge in [0.2, 0.25) is 0 Å². The Labute approximate surface area is 428 Å². The quantitative estimate of drug-likeness (QED) is 0.0647. The standard InChI is InChI=1S/C9H16N4O.C7H14O.C6H12N4.C6H14O2S.C5H13BO2.C5H8N4O.C5H13O3P.C3H8/c1-7(14)6-13-11-8(10-12-13)5-9(2,3)4;1-6(8)5-7(2,3)4;1-6(2,3)4-5-7-9-10-8-5;1-6(2,3)5-9(4,7)8;1-5(2,3)4-6(7)8;1-4(10)3-9-5(2)6-7-8-9;1-5(2,3)4-9(6,7)8;1-3-2/h5-6H2,1-4H3;5H2,1-4H3;4H2,1-3H3,(H,7,8,9,10);4-5H2,1-3H3,(H,7,8);7-8H,4H2,1-3H3;3H2,1-2H3;4H2,1-3H3,(H2,6,7,8);3H2,1-2H3. The second-order valence-corrected chi connectivity index (χ2v) is 28.1. The van der Waals surface area contributed by atoms with Crippen molar-refractivity contribution >= 4 is 47.7 Å². The maximum Gasteiger partial charge on any atom is 0.451 e. The predicted molar refractivity (Wildman–Crippen MR) is 286 cm³/mol. The predicted octanol–water partition coefficient (Wildman–Crippen LogP) is 7.57. The van der Waals surface area contributed by atoms with Crippen LogP contribution in [0.5, 0.6) is 0 Å². The Balaban J connectivity index is -0.000000238. The highest BCUT2D eigenvalue weighted by atomic mass is 32.2. The number of hydrogen-bond donors (Lipinski definition) is 6. The number of carbonyl (C=O) groups excluding carboxylic acids is 3. The molecule has 25 heteroatoms. The van der Waals surface area contributed by atoms with E-state index in [0.29, 0.717) is 24.4 Å². The summed E-state index contributed by atoms with van der Waals surface area (Å²) in [6.45, 7) is 47.1. The molecule has 22 nitrogen and oxygen atoms in total. The zero-order valence-electron chi connectivity index (χ0n) is 48.2. The molecule has 0 aliphatic rings. The summed E-state index contributed by atoms with van der Waals surface area (Å²) in [7, 11) is -7.73. The van der Waals surface area contributed by atoms with E-state index in [1.165, 1.54) is 29.7 Å². The van der Waals surface area contributed by atoms with Crippen LogP contribution in [-0.4, -0.2) is 132 Å². The number of aromatic amines is 1. The van der Waals surface area contributed by atoms with E-state index < -0.39 is 24.5 Å². The van der Waals surface area contributed by atoms with E-state index in [0.717, 1.165) is 18.7 Å². The Kier molecular flexibility index (Phi) is 37.3. The Morgan fingerprint density at radius 1 is 0.676 bits per heavy atom.